The Morgan fingerprint density at radius 2 is 1.88 bits per heavy atom. The molecule has 4 heteroatoms. The van der Waals surface area contributed by atoms with Gasteiger partial charge in [0.1, 0.15) is 12.4 Å². The third-order valence-electron chi connectivity index (χ3n) is 5.81. The second kappa shape index (κ2) is 6.77. The van der Waals surface area contributed by atoms with Crippen LogP contribution in [-0.4, -0.2) is 50.1 Å². The van der Waals surface area contributed by atoms with Crippen molar-refractivity contribution in [1.82, 2.24) is 4.90 Å². The van der Waals surface area contributed by atoms with Crippen LogP contribution in [0.2, 0.25) is 0 Å². The van der Waals surface area contributed by atoms with E-state index >= 15 is 0 Å². The van der Waals surface area contributed by atoms with Crippen molar-refractivity contribution in [2.45, 2.75) is 37.3 Å². The van der Waals surface area contributed by atoms with Crippen molar-refractivity contribution in [1.29, 1.82) is 0 Å². The summed E-state index contributed by atoms with van der Waals surface area (Å²) in [5.41, 5.74) is 1.16. The van der Waals surface area contributed by atoms with Gasteiger partial charge in [-0.3, -0.25) is 9.69 Å². The van der Waals surface area contributed by atoms with Crippen LogP contribution in [0.5, 0.6) is 5.75 Å². The minimum atomic E-state index is 0.0516. The van der Waals surface area contributed by atoms with Gasteiger partial charge in [0, 0.05) is 19.1 Å². The van der Waals surface area contributed by atoms with Crippen LogP contribution in [-0.2, 0) is 9.53 Å². The number of nitrogens with zero attached hydrogens (tertiary/aromatic N) is 1. The zero-order chi connectivity index (χ0) is 17.4. The van der Waals surface area contributed by atoms with E-state index in [2.05, 4.69) is 42.3 Å². The number of hydrogen-bond acceptors (Lipinski definition) is 4. The highest BCUT2D eigenvalue weighted by Gasteiger charge is 2.44. The van der Waals surface area contributed by atoms with E-state index in [4.69, 9.17) is 9.47 Å². The van der Waals surface area contributed by atoms with Gasteiger partial charge >= 0.3 is 0 Å². The van der Waals surface area contributed by atoms with Gasteiger partial charge in [-0.15, -0.1) is 0 Å². The summed E-state index contributed by atoms with van der Waals surface area (Å²) in [5.74, 6) is 1.30. The number of ether oxygens (including phenoxy) is 2. The SMILES string of the molecule is COCCOc1ccc2cc(C3CC4CCC(C3=O)N4C)ccc2c1. The molecule has 2 heterocycles. The van der Waals surface area contributed by atoms with Crippen molar-refractivity contribution in [3.05, 3.63) is 42.0 Å². The lowest BCUT2D eigenvalue weighted by molar-refractivity contribution is -0.127. The molecule has 132 valence electrons. The average molecular weight is 339 g/mol. The molecule has 2 aromatic rings. The molecule has 25 heavy (non-hydrogen) atoms. The summed E-state index contributed by atoms with van der Waals surface area (Å²) in [5, 5.41) is 2.30. The van der Waals surface area contributed by atoms with E-state index in [0.717, 1.165) is 41.3 Å². The third-order valence-corrected chi connectivity index (χ3v) is 5.81. The summed E-state index contributed by atoms with van der Waals surface area (Å²) < 4.78 is 10.7. The lowest BCUT2D eigenvalue weighted by atomic mass is 9.83. The monoisotopic (exact) mass is 339 g/mol. The average Bonchev–Trinajstić information content (AvgIpc) is 2.89. The first-order valence-electron chi connectivity index (χ1n) is 9.08. The number of benzene rings is 2. The topological polar surface area (TPSA) is 38.8 Å². The molecule has 3 unspecified atom stereocenters. The number of Topliss-reactive ketones (excluding diaryl/α,β-unsaturated/α-hetero) is 1. The number of ketones is 1. The second-order valence-corrected chi connectivity index (χ2v) is 7.21. The zero-order valence-corrected chi connectivity index (χ0v) is 14.9. The Labute approximate surface area is 148 Å². The van der Waals surface area contributed by atoms with Gasteiger partial charge in [0.25, 0.3) is 0 Å². The Kier molecular flexibility index (Phi) is 4.48. The molecular weight excluding hydrogens is 314 g/mol. The van der Waals surface area contributed by atoms with Gasteiger partial charge in [0.2, 0.25) is 0 Å². The lowest BCUT2D eigenvalue weighted by Gasteiger charge is -2.35. The van der Waals surface area contributed by atoms with Gasteiger partial charge in [-0.1, -0.05) is 24.3 Å². The quantitative estimate of drug-likeness (QED) is 0.783. The van der Waals surface area contributed by atoms with Crippen LogP contribution >= 0.6 is 0 Å². The zero-order valence-electron chi connectivity index (χ0n) is 14.9. The number of hydrogen-bond donors (Lipinski definition) is 0. The fourth-order valence-corrected chi connectivity index (χ4v) is 4.35. The maximum Gasteiger partial charge on any atom is 0.157 e. The van der Waals surface area contributed by atoms with E-state index in [1.54, 1.807) is 7.11 Å². The van der Waals surface area contributed by atoms with Crippen molar-refractivity contribution < 1.29 is 14.3 Å². The van der Waals surface area contributed by atoms with Crippen LogP contribution < -0.4 is 4.74 Å². The molecule has 4 rings (SSSR count). The summed E-state index contributed by atoms with van der Waals surface area (Å²) in [6.07, 6.45) is 3.13. The second-order valence-electron chi connectivity index (χ2n) is 7.21. The van der Waals surface area contributed by atoms with Crippen LogP contribution in [0.4, 0.5) is 0 Å². The van der Waals surface area contributed by atoms with Gasteiger partial charge in [0.05, 0.1) is 12.6 Å². The van der Waals surface area contributed by atoms with E-state index in [1.165, 1.54) is 0 Å². The van der Waals surface area contributed by atoms with Gasteiger partial charge in [-0.05, 0) is 54.8 Å². The standard InChI is InChI=1S/C21H25NO3/c1-22-17-6-8-20(22)21(23)19(13-17)16-4-3-15-12-18(25-10-9-24-2)7-5-14(15)11-16/h3-5,7,11-12,17,19-20H,6,8-10,13H2,1-2H3. The maximum absolute atomic E-state index is 12.9. The summed E-state index contributed by atoms with van der Waals surface area (Å²) in [6, 6.07) is 13.2. The highest BCUT2D eigenvalue weighted by Crippen LogP contribution is 2.40. The minimum Gasteiger partial charge on any atom is -0.491 e. The molecule has 0 spiro atoms. The number of rotatable bonds is 5. The molecule has 0 radical (unpaired) electrons. The Balaban J connectivity index is 1.57. The van der Waals surface area contributed by atoms with Crippen molar-refractivity contribution >= 4 is 16.6 Å². The normalized spacial score (nSPS) is 26.3. The number of methoxy groups -OCH3 is 1. The number of carbonyl (C=O) groups is 1. The van der Waals surface area contributed by atoms with Crippen molar-refractivity contribution in [2.24, 2.45) is 0 Å². The first kappa shape index (κ1) is 16.6. The van der Waals surface area contributed by atoms with Gasteiger partial charge in [-0.2, -0.15) is 0 Å². The predicted octanol–water partition coefficient (Wildman–Crippen LogP) is 3.38. The van der Waals surface area contributed by atoms with Crippen LogP contribution in [0.1, 0.15) is 30.7 Å². The van der Waals surface area contributed by atoms with Crippen LogP contribution in [0, 0.1) is 0 Å². The van der Waals surface area contributed by atoms with Gasteiger partial charge in [-0.25, -0.2) is 0 Å². The molecule has 2 aliphatic rings. The van der Waals surface area contributed by atoms with Crippen molar-refractivity contribution in [3.8, 4) is 5.75 Å². The van der Waals surface area contributed by atoms with Gasteiger partial charge in [0.15, 0.2) is 5.78 Å². The van der Waals surface area contributed by atoms with E-state index in [-0.39, 0.29) is 12.0 Å². The summed E-state index contributed by atoms with van der Waals surface area (Å²) in [6.45, 7) is 1.13. The van der Waals surface area contributed by atoms with Crippen LogP contribution in [0.15, 0.2) is 36.4 Å². The van der Waals surface area contributed by atoms with Crippen molar-refractivity contribution in [2.75, 3.05) is 27.4 Å². The number of carbonyl (C=O) groups excluding carboxylic acids is 1. The maximum atomic E-state index is 12.9. The smallest absolute Gasteiger partial charge is 0.157 e. The molecule has 4 nitrogen and oxygen atoms in total. The molecule has 0 amide bonds. The van der Waals surface area contributed by atoms with E-state index in [9.17, 15) is 4.79 Å². The number of piperidine rings is 1. The predicted molar refractivity (Wildman–Crippen MR) is 98.3 cm³/mol. The molecular formula is C21H25NO3. The first-order chi connectivity index (χ1) is 12.2. The molecule has 3 atom stereocenters. The number of fused-ring (bicyclic) bond motifs is 3. The van der Waals surface area contributed by atoms with Crippen molar-refractivity contribution in [3.63, 3.8) is 0 Å². The fourth-order valence-electron chi connectivity index (χ4n) is 4.35. The molecule has 2 aromatic carbocycles. The Morgan fingerprint density at radius 1 is 1.08 bits per heavy atom. The molecule has 2 bridgehead atoms. The Hall–Kier alpha value is -1.91. The molecule has 0 aromatic heterocycles. The highest BCUT2D eigenvalue weighted by atomic mass is 16.5. The largest absolute Gasteiger partial charge is 0.491 e. The Bertz CT molecular complexity index is 788. The van der Waals surface area contributed by atoms with E-state index in [1.807, 2.05) is 6.07 Å². The van der Waals surface area contributed by atoms with Crippen LogP contribution in [0.3, 0.4) is 0 Å². The highest BCUT2D eigenvalue weighted by molar-refractivity contribution is 5.93. The van der Waals surface area contributed by atoms with E-state index in [0.29, 0.717) is 25.0 Å². The summed E-state index contributed by atoms with van der Waals surface area (Å²) in [4.78, 5) is 15.1. The lowest BCUT2D eigenvalue weighted by Crippen LogP contribution is -2.46. The van der Waals surface area contributed by atoms with E-state index < -0.39 is 0 Å². The summed E-state index contributed by atoms with van der Waals surface area (Å²) >= 11 is 0. The molecule has 0 aliphatic carbocycles. The molecule has 2 aliphatic heterocycles. The molecule has 0 N–H and O–H groups in total. The minimum absolute atomic E-state index is 0.0516. The first-order valence-corrected chi connectivity index (χ1v) is 9.08. The fraction of sp³-hybridized carbons (Fsp3) is 0.476. The molecule has 2 saturated heterocycles. The summed E-state index contributed by atoms with van der Waals surface area (Å²) in [7, 11) is 3.77. The molecule has 2 fully saturated rings. The Morgan fingerprint density at radius 3 is 2.72 bits per heavy atom. The number of likely N-dealkylation sites (N-methyl/N-ethyl adjacent to an activating group) is 1. The van der Waals surface area contributed by atoms with Gasteiger partial charge < -0.3 is 9.47 Å². The third kappa shape index (κ3) is 3.05. The molecule has 0 saturated carbocycles. The van der Waals surface area contributed by atoms with Crippen LogP contribution in [0.25, 0.3) is 10.8 Å².